The van der Waals surface area contributed by atoms with Crippen molar-refractivity contribution in [2.45, 2.75) is 141 Å². The van der Waals surface area contributed by atoms with Crippen LogP contribution in [0.5, 0.6) is 0 Å². The molecule has 0 aliphatic carbocycles. The Morgan fingerprint density at radius 3 is 0.712 bits per heavy atom. The molecule has 0 fully saturated rings. The number of hydrogen-bond donors (Lipinski definition) is 0. The molecule has 0 bridgehead atoms. The average molecular weight is 1060 g/mol. The Hall–Kier alpha value is 1.62. The predicted octanol–water partition coefficient (Wildman–Crippen LogP) is 9.51. The Balaban J connectivity index is 7.21. The van der Waals surface area contributed by atoms with E-state index in [2.05, 4.69) is 37.5 Å². The van der Waals surface area contributed by atoms with Gasteiger partial charge in [0.15, 0.2) is 0 Å². The molecule has 0 aromatic carbocycles. The highest BCUT2D eigenvalue weighted by Gasteiger charge is 2.42. The topological polar surface area (TPSA) is 111 Å². The van der Waals surface area contributed by atoms with Crippen molar-refractivity contribution in [3.05, 3.63) is 0 Å². The van der Waals surface area contributed by atoms with E-state index in [-0.39, 0.29) is 49.8 Å². The second-order valence-corrected chi connectivity index (χ2v) is 22.5. The third kappa shape index (κ3) is 41.1. The zero-order valence-electron chi connectivity index (χ0n) is 43.5. The van der Waals surface area contributed by atoms with E-state index in [1.54, 1.807) is 0 Å². The fraction of sp³-hybridized carbons (Fsp3) is 1.00. The van der Waals surface area contributed by atoms with Gasteiger partial charge in [-0.3, -0.25) is 0 Å². The third-order valence-corrected chi connectivity index (χ3v) is 13.9. The minimum atomic E-state index is -0.691. The van der Waals surface area contributed by atoms with Crippen molar-refractivity contribution < 1.29 is 56.8 Å². The number of rotatable bonds is 53. The summed E-state index contributed by atoms with van der Waals surface area (Å²) in [5.41, 5.74) is 0. The normalized spacial score (nSPS) is 16.7. The molecule has 398 valence electrons. The maximum Gasteiger partial charge on any atom is 0.115 e. The first-order valence-corrected chi connectivity index (χ1v) is 32.7. The number of thioether (sulfide) groups is 6. The molecule has 10 unspecified atom stereocenters. The summed E-state index contributed by atoms with van der Waals surface area (Å²) in [5, 5.41) is 0. The van der Waals surface area contributed by atoms with Crippen LogP contribution in [0.15, 0.2) is 0 Å². The summed E-state index contributed by atoms with van der Waals surface area (Å²) in [5.74, 6) is 6.28. The quantitative estimate of drug-likeness (QED) is 0.0539. The number of hydrogen-bond acceptors (Lipinski definition) is 18. The van der Waals surface area contributed by atoms with Crippen LogP contribution in [0.3, 0.4) is 0 Å². The van der Waals surface area contributed by atoms with E-state index >= 15 is 0 Å². The summed E-state index contributed by atoms with van der Waals surface area (Å²) in [4.78, 5) is 0. The van der Waals surface area contributed by atoms with Crippen LogP contribution in [0.25, 0.3) is 0 Å². The summed E-state index contributed by atoms with van der Waals surface area (Å²) in [7, 11) is 0. The first kappa shape index (κ1) is 67.6. The molecular weight excluding hydrogens is 961 g/mol. The zero-order chi connectivity index (χ0) is 48.9. The van der Waals surface area contributed by atoms with E-state index < -0.39 is 24.4 Å². The van der Waals surface area contributed by atoms with Gasteiger partial charge in [-0.2, -0.15) is 70.6 Å². The van der Waals surface area contributed by atoms with Crippen LogP contribution < -0.4 is 0 Å². The van der Waals surface area contributed by atoms with Gasteiger partial charge < -0.3 is 56.8 Å². The van der Waals surface area contributed by atoms with Crippen molar-refractivity contribution in [1.82, 2.24) is 0 Å². The van der Waals surface area contributed by atoms with Gasteiger partial charge in [0.25, 0.3) is 0 Å². The molecule has 0 saturated carbocycles. The van der Waals surface area contributed by atoms with Crippen LogP contribution in [0.1, 0.15) is 80.1 Å². The highest BCUT2D eigenvalue weighted by molar-refractivity contribution is 7.99. The molecule has 0 aromatic heterocycles. The lowest BCUT2D eigenvalue weighted by molar-refractivity contribution is -0.243. The summed E-state index contributed by atoms with van der Waals surface area (Å²) in [6.07, 6.45) is 14.4. The van der Waals surface area contributed by atoms with E-state index in [0.29, 0.717) is 79.3 Å². The van der Waals surface area contributed by atoms with E-state index in [0.717, 1.165) is 73.0 Å². The van der Waals surface area contributed by atoms with Gasteiger partial charge >= 0.3 is 0 Å². The van der Waals surface area contributed by atoms with Crippen LogP contribution in [-0.4, -0.2) is 226 Å². The van der Waals surface area contributed by atoms with Crippen molar-refractivity contribution in [2.75, 3.05) is 165 Å². The second kappa shape index (κ2) is 50.2. The molecule has 0 rings (SSSR count). The van der Waals surface area contributed by atoms with Gasteiger partial charge in [0.05, 0.1) is 89.5 Å². The molecule has 0 aromatic rings. The van der Waals surface area contributed by atoms with Crippen LogP contribution in [0.2, 0.25) is 0 Å². The molecule has 10 atom stereocenters. The van der Waals surface area contributed by atoms with E-state index in [4.69, 9.17) is 56.8 Å². The van der Waals surface area contributed by atoms with E-state index in [9.17, 15) is 0 Å². The van der Waals surface area contributed by atoms with Crippen LogP contribution in [-0.2, 0) is 56.8 Å². The van der Waals surface area contributed by atoms with Gasteiger partial charge in [0, 0.05) is 39.6 Å². The zero-order valence-corrected chi connectivity index (χ0v) is 48.4. The Morgan fingerprint density at radius 2 is 0.485 bits per heavy atom. The van der Waals surface area contributed by atoms with Crippen molar-refractivity contribution in [2.24, 2.45) is 0 Å². The molecule has 0 aliphatic heterocycles. The lowest BCUT2D eigenvalue weighted by Gasteiger charge is -2.41. The lowest BCUT2D eigenvalue weighted by atomic mass is 10.0. The molecule has 0 saturated heterocycles. The Labute approximate surface area is 430 Å². The monoisotopic (exact) mass is 1060 g/mol. The Bertz CT molecular complexity index is 917. The fourth-order valence-electron chi connectivity index (χ4n) is 6.41. The Morgan fingerprint density at radius 1 is 0.273 bits per heavy atom. The van der Waals surface area contributed by atoms with Crippen molar-refractivity contribution >= 4 is 70.6 Å². The van der Waals surface area contributed by atoms with Crippen LogP contribution >= 0.6 is 70.6 Å². The van der Waals surface area contributed by atoms with Gasteiger partial charge in [-0.05, 0) is 152 Å². The van der Waals surface area contributed by atoms with Gasteiger partial charge in [-0.25, -0.2) is 0 Å². The highest BCUT2D eigenvalue weighted by Crippen LogP contribution is 2.25. The molecule has 0 aliphatic rings. The molecule has 0 radical (unpaired) electrons. The van der Waals surface area contributed by atoms with E-state index in [1.165, 1.54) is 0 Å². The van der Waals surface area contributed by atoms with Crippen LogP contribution in [0.4, 0.5) is 0 Å². The van der Waals surface area contributed by atoms with Gasteiger partial charge in [-0.1, -0.05) is 0 Å². The SMILES string of the molecule is CSCCCOCC(C)OCC(OC(C)COCCCSC)C(OC(C)COCCCSC)C(OC(C)COCCCSC)C(COC(C)COCCCSC)OC(C)COCCCSC. The first-order chi connectivity index (χ1) is 32.1. The Kier molecular flexibility index (Phi) is 51.4. The molecule has 0 N–H and O–H groups in total. The maximum atomic E-state index is 7.18. The molecule has 12 nitrogen and oxygen atoms in total. The summed E-state index contributed by atoms with van der Waals surface area (Å²) in [6, 6.07) is 0. The maximum absolute atomic E-state index is 7.18. The van der Waals surface area contributed by atoms with Gasteiger partial charge in [0.1, 0.15) is 24.4 Å². The molecular formula is C48H98O12S6. The molecule has 18 heteroatoms. The minimum Gasteiger partial charge on any atom is -0.379 e. The van der Waals surface area contributed by atoms with Crippen LogP contribution in [0, 0.1) is 0 Å². The minimum absolute atomic E-state index is 0.190. The van der Waals surface area contributed by atoms with E-state index in [1.807, 2.05) is 112 Å². The van der Waals surface area contributed by atoms with Gasteiger partial charge in [-0.15, -0.1) is 0 Å². The lowest BCUT2D eigenvalue weighted by Crippen LogP contribution is -2.56. The highest BCUT2D eigenvalue weighted by atomic mass is 32.2. The number of ether oxygens (including phenoxy) is 12. The average Bonchev–Trinajstić information content (AvgIpc) is 3.30. The second-order valence-electron chi connectivity index (χ2n) is 16.6. The summed E-state index contributed by atoms with van der Waals surface area (Å²) in [6.45, 7) is 19.3. The van der Waals surface area contributed by atoms with Crippen molar-refractivity contribution in [1.29, 1.82) is 0 Å². The molecule has 0 spiro atoms. The van der Waals surface area contributed by atoms with Gasteiger partial charge in [0.2, 0.25) is 0 Å². The molecule has 66 heavy (non-hydrogen) atoms. The first-order valence-electron chi connectivity index (χ1n) is 24.3. The largest absolute Gasteiger partial charge is 0.379 e. The standard InChI is InChI=1S/C48H98O12S6/c1-39(31-49-19-13-25-61-7)55-37-45(57-41(3)33-51-21-15-27-63-9)47(59-43(5)35-53-23-17-29-65-11)48(60-44(6)36-54-24-18-30-66-12)46(58-42(4)34-52-22-16-28-64-10)38-56-40(2)32-50-20-14-26-62-8/h39-48H,13-38H2,1-12H3. The predicted molar refractivity (Wildman–Crippen MR) is 291 cm³/mol. The summed E-state index contributed by atoms with van der Waals surface area (Å²) < 4.78 is 78.4. The smallest absolute Gasteiger partial charge is 0.115 e. The third-order valence-electron chi connectivity index (χ3n) is 9.68. The fourth-order valence-corrected chi connectivity index (χ4v) is 8.85. The summed E-state index contributed by atoms with van der Waals surface area (Å²) >= 11 is 10.9. The molecule has 0 heterocycles. The van der Waals surface area contributed by atoms with Crippen molar-refractivity contribution in [3.63, 3.8) is 0 Å². The van der Waals surface area contributed by atoms with Crippen molar-refractivity contribution in [3.8, 4) is 0 Å². The molecule has 0 amide bonds.